The molecule has 0 saturated carbocycles. The zero-order chi connectivity index (χ0) is 24.6. The van der Waals surface area contributed by atoms with Crippen molar-refractivity contribution in [3.05, 3.63) is 18.7 Å². The molecule has 0 aromatic carbocycles. The van der Waals surface area contributed by atoms with Crippen LogP contribution in [0.1, 0.15) is 131 Å². The third-order valence-corrected chi connectivity index (χ3v) is 8.42. The summed E-state index contributed by atoms with van der Waals surface area (Å²) in [5.41, 5.74) is 0. The number of unbranched alkanes of at least 4 members (excludes halogenated alkanes) is 12. The first-order valence-corrected chi connectivity index (χ1v) is 16.1. The maximum absolute atomic E-state index is 5.40. The number of nitrogens with zero attached hydrogens (tertiary/aromatic N) is 2. The van der Waals surface area contributed by atoms with Crippen LogP contribution in [0, 0.1) is 0 Å². The molecule has 1 rings (SSSR count). The number of imidazole rings is 1. The van der Waals surface area contributed by atoms with Crippen LogP contribution in [-0.4, -0.2) is 38.2 Å². The second kappa shape index (κ2) is 23.1. The summed E-state index contributed by atoms with van der Waals surface area (Å²) in [6, 6.07) is 0.607. The first-order chi connectivity index (χ1) is 16.0. The number of rotatable bonds is 21. The second-order valence-corrected chi connectivity index (χ2v) is 11.6. The molecule has 1 atom stereocenters. The van der Waals surface area contributed by atoms with Gasteiger partial charge in [-0.1, -0.05) is 90.4 Å². The average Bonchev–Trinajstić information content (AvgIpc) is 3.33. The monoisotopic (exact) mass is 484 g/mol. The van der Waals surface area contributed by atoms with Crippen molar-refractivity contribution in [2.75, 3.05) is 19.8 Å². The molecule has 0 amide bonds. The van der Waals surface area contributed by atoms with Gasteiger partial charge in [0.05, 0.1) is 6.33 Å². The van der Waals surface area contributed by atoms with Gasteiger partial charge < -0.3 is 17.8 Å². The summed E-state index contributed by atoms with van der Waals surface area (Å²) in [4.78, 5) is 4.12. The van der Waals surface area contributed by atoms with E-state index in [9.17, 15) is 0 Å². The third kappa shape index (κ3) is 19.3. The fraction of sp³-hybridized carbons (Fsp3) is 0.889. The van der Waals surface area contributed by atoms with E-state index in [0.717, 1.165) is 0 Å². The van der Waals surface area contributed by atoms with E-state index >= 15 is 0 Å². The van der Waals surface area contributed by atoms with Crippen molar-refractivity contribution in [1.29, 1.82) is 0 Å². The van der Waals surface area contributed by atoms with Gasteiger partial charge in [0.1, 0.15) is 0 Å². The van der Waals surface area contributed by atoms with Gasteiger partial charge in [-0.2, -0.15) is 0 Å². The lowest BCUT2D eigenvalue weighted by Gasteiger charge is -2.23. The Kier molecular flexibility index (Phi) is 22.6. The van der Waals surface area contributed by atoms with Crippen molar-refractivity contribution in [2.45, 2.75) is 137 Å². The Morgan fingerprint density at radius 2 is 1.12 bits per heavy atom. The zero-order valence-corrected chi connectivity index (χ0v) is 23.9. The highest BCUT2D eigenvalue weighted by molar-refractivity contribution is 6.59. The first kappa shape index (κ1) is 32.3. The quantitative estimate of drug-likeness (QED) is 0.129. The minimum absolute atomic E-state index is 0.607. The highest BCUT2D eigenvalue weighted by Gasteiger charge is 2.32. The molecule has 0 fully saturated rings. The van der Waals surface area contributed by atoms with Gasteiger partial charge in [0.2, 0.25) is 0 Å². The molecule has 1 aromatic rings. The molecule has 0 aliphatic rings. The third-order valence-electron chi connectivity index (χ3n) is 5.98. The summed E-state index contributed by atoms with van der Waals surface area (Å²) in [6.45, 7) is 14.3. The predicted molar refractivity (Wildman–Crippen MR) is 144 cm³/mol. The summed E-state index contributed by atoms with van der Waals surface area (Å²) in [6.07, 6.45) is 25.8. The van der Waals surface area contributed by atoms with E-state index in [1.165, 1.54) is 89.9 Å². The summed E-state index contributed by atoms with van der Waals surface area (Å²) in [7, 11) is -2.25. The molecule has 0 radical (unpaired) electrons. The summed E-state index contributed by atoms with van der Waals surface area (Å²) < 4.78 is 18.4. The zero-order valence-electron chi connectivity index (χ0n) is 22.9. The molecule has 5 nitrogen and oxygen atoms in total. The van der Waals surface area contributed by atoms with Crippen LogP contribution in [0.4, 0.5) is 0 Å². The van der Waals surface area contributed by atoms with Crippen LogP contribution >= 0.6 is 0 Å². The molecule has 33 heavy (non-hydrogen) atoms. The van der Waals surface area contributed by atoms with E-state index in [1.54, 1.807) is 0 Å². The second-order valence-electron chi connectivity index (χ2n) is 9.05. The molecule has 0 bridgehead atoms. The predicted octanol–water partition coefficient (Wildman–Crippen LogP) is 8.59. The van der Waals surface area contributed by atoms with Crippen molar-refractivity contribution in [3.63, 3.8) is 0 Å². The maximum atomic E-state index is 5.40. The number of hydrogen-bond acceptors (Lipinski definition) is 4. The van der Waals surface area contributed by atoms with Crippen LogP contribution in [0.15, 0.2) is 18.7 Å². The van der Waals surface area contributed by atoms with Crippen LogP contribution in [0.5, 0.6) is 0 Å². The number of hydrogen-bond donors (Lipinski definition) is 0. The molecule has 0 N–H and O–H groups in total. The molecule has 1 heterocycles. The lowest BCUT2D eigenvalue weighted by Crippen LogP contribution is -2.42. The smallest absolute Gasteiger partial charge is 0.374 e. The molecule has 1 unspecified atom stereocenters. The molecule has 0 aliphatic heterocycles. The molecular formula is C27H56N2O3Si. The summed E-state index contributed by atoms with van der Waals surface area (Å²) in [5, 5.41) is 0. The molecule has 196 valence electrons. The van der Waals surface area contributed by atoms with Crippen LogP contribution < -0.4 is 0 Å². The Morgan fingerprint density at radius 1 is 0.697 bits per heavy atom. The largest absolute Gasteiger partial charge is 0.497 e. The van der Waals surface area contributed by atoms with Gasteiger partial charge in [0.15, 0.2) is 0 Å². The molecule has 1 aromatic heterocycles. The highest BCUT2D eigenvalue weighted by Crippen LogP contribution is 2.17. The van der Waals surface area contributed by atoms with Crippen molar-refractivity contribution >= 4 is 8.80 Å². The standard InChI is InChI=1S/C20H38N2.C7H18O3Si/c1-3-4-5-6-7-8-9-10-11-12-13-14-15-16-20(2)22-18-17-21-19-22;1-5-8-11(4,9-6-2)10-7-3/h17-20H,3-16H2,1-2H3;5-7H2,1-4H3. The molecule has 0 aliphatic carbocycles. The Labute approximate surface area is 207 Å². The van der Waals surface area contributed by atoms with E-state index in [4.69, 9.17) is 13.3 Å². The van der Waals surface area contributed by atoms with E-state index in [2.05, 4.69) is 29.6 Å². The first-order valence-electron chi connectivity index (χ1n) is 13.9. The summed E-state index contributed by atoms with van der Waals surface area (Å²) in [5.74, 6) is 0. The van der Waals surface area contributed by atoms with E-state index in [-0.39, 0.29) is 0 Å². The van der Waals surface area contributed by atoms with Crippen LogP contribution in [0.2, 0.25) is 6.55 Å². The van der Waals surface area contributed by atoms with Gasteiger partial charge >= 0.3 is 8.80 Å². The fourth-order valence-electron chi connectivity index (χ4n) is 4.05. The SMILES string of the molecule is CCCCCCCCCCCCCCCC(C)n1ccnc1.CCO[Si](C)(OCC)OCC. The maximum Gasteiger partial charge on any atom is 0.497 e. The summed E-state index contributed by atoms with van der Waals surface area (Å²) >= 11 is 0. The van der Waals surface area contributed by atoms with Crippen molar-refractivity contribution in [1.82, 2.24) is 9.55 Å². The van der Waals surface area contributed by atoms with Crippen LogP contribution in [0.25, 0.3) is 0 Å². The minimum atomic E-state index is -2.25. The van der Waals surface area contributed by atoms with Gasteiger partial charge in [0.25, 0.3) is 0 Å². The van der Waals surface area contributed by atoms with Crippen LogP contribution in [0.3, 0.4) is 0 Å². The van der Waals surface area contributed by atoms with Gasteiger partial charge in [0, 0.05) is 44.8 Å². The van der Waals surface area contributed by atoms with Gasteiger partial charge in [-0.05, 0) is 34.1 Å². The van der Waals surface area contributed by atoms with Crippen molar-refractivity contribution in [2.24, 2.45) is 0 Å². The Balaban J connectivity index is 0.000000785. The topological polar surface area (TPSA) is 45.5 Å². The Hall–Kier alpha value is -0.693. The minimum Gasteiger partial charge on any atom is -0.374 e. The molecule has 6 heteroatoms. The van der Waals surface area contributed by atoms with E-state index in [1.807, 2.05) is 39.8 Å². The molecular weight excluding hydrogens is 428 g/mol. The van der Waals surface area contributed by atoms with E-state index < -0.39 is 8.80 Å². The van der Waals surface area contributed by atoms with Gasteiger partial charge in [-0.15, -0.1) is 0 Å². The Bertz CT molecular complexity index is 483. The van der Waals surface area contributed by atoms with Crippen LogP contribution in [-0.2, 0) is 13.3 Å². The van der Waals surface area contributed by atoms with Crippen molar-refractivity contribution < 1.29 is 13.3 Å². The number of aromatic nitrogens is 2. The van der Waals surface area contributed by atoms with Crippen molar-refractivity contribution in [3.8, 4) is 0 Å². The van der Waals surface area contributed by atoms with Gasteiger partial charge in [-0.3, -0.25) is 0 Å². The molecule has 0 saturated heterocycles. The normalized spacial score (nSPS) is 12.4. The lowest BCUT2D eigenvalue weighted by atomic mass is 10.0. The van der Waals surface area contributed by atoms with Gasteiger partial charge in [-0.25, -0.2) is 4.98 Å². The highest BCUT2D eigenvalue weighted by atomic mass is 28.4. The average molecular weight is 485 g/mol. The van der Waals surface area contributed by atoms with E-state index in [0.29, 0.717) is 25.9 Å². The Morgan fingerprint density at radius 3 is 1.48 bits per heavy atom. The lowest BCUT2D eigenvalue weighted by molar-refractivity contribution is 0.0783. The fourth-order valence-corrected chi connectivity index (χ4v) is 5.87. The molecule has 0 spiro atoms.